The number of benzene rings is 1. The zero-order valence-electron chi connectivity index (χ0n) is 19.0. The van der Waals surface area contributed by atoms with Crippen molar-refractivity contribution in [1.29, 1.82) is 0 Å². The number of nitrogens with one attached hydrogen (secondary N) is 1. The van der Waals surface area contributed by atoms with Gasteiger partial charge in [0.2, 0.25) is 5.91 Å². The minimum Gasteiger partial charge on any atom is -0.489 e. The van der Waals surface area contributed by atoms with E-state index in [2.05, 4.69) is 30.6 Å². The van der Waals surface area contributed by atoms with Crippen molar-refractivity contribution in [2.45, 2.75) is 82.9 Å². The summed E-state index contributed by atoms with van der Waals surface area (Å²) in [4.78, 5) is 29.5. The molecule has 1 saturated carbocycles. The van der Waals surface area contributed by atoms with Crippen LogP contribution in [-0.2, 0) is 16.1 Å². The van der Waals surface area contributed by atoms with Gasteiger partial charge in [0.1, 0.15) is 17.9 Å². The third-order valence-electron chi connectivity index (χ3n) is 7.12. The van der Waals surface area contributed by atoms with Crippen LogP contribution in [0.3, 0.4) is 0 Å². The average Bonchev–Trinajstić information content (AvgIpc) is 3.28. The number of allylic oxidation sites excluding steroid dienone is 1. The summed E-state index contributed by atoms with van der Waals surface area (Å²) in [5.74, 6) is 0.601. The van der Waals surface area contributed by atoms with E-state index in [1.54, 1.807) is 4.90 Å². The van der Waals surface area contributed by atoms with Gasteiger partial charge in [-0.05, 0) is 69.7 Å². The van der Waals surface area contributed by atoms with Crippen molar-refractivity contribution in [3.05, 3.63) is 41.6 Å². The lowest BCUT2D eigenvalue weighted by molar-refractivity contribution is -0.126. The molecule has 0 radical (unpaired) electrons. The average molecular weight is 440 g/mol. The number of hydrogen-bond donors (Lipinski definition) is 1. The van der Waals surface area contributed by atoms with Crippen LogP contribution in [0.15, 0.2) is 30.5 Å². The molecule has 1 aromatic carbocycles. The second-order valence-corrected chi connectivity index (χ2v) is 9.81. The molecule has 3 atom stereocenters. The zero-order valence-corrected chi connectivity index (χ0v) is 19.0. The summed E-state index contributed by atoms with van der Waals surface area (Å²) in [5, 5.41) is 2.79. The maximum Gasteiger partial charge on any atom is 0.255 e. The highest BCUT2D eigenvalue weighted by molar-refractivity contribution is 6.01. The third-order valence-corrected chi connectivity index (χ3v) is 7.12. The molecule has 2 saturated heterocycles. The summed E-state index contributed by atoms with van der Waals surface area (Å²) in [6.07, 6.45) is 5.45. The van der Waals surface area contributed by atoms with Gasteiger partial charge < -0.3 is 19.7 Å². The Bertz CT molecular complexity index is 924. The molecule has 0 spiro atoms. The molecule has 5 rings (SSSR count). The highest BCUT2D eigenvalue weighted by Crippen LogP contribution is 2.35. The van der Waals surface area contributed by atoms with Gasteiger partial charge in [-0.2, -0.15) is 0 Å². The van der Waals surface area contributed by atoms with Crippen LogP contribution in [0.4, 0.5) is 0 Å². The number of amides is 2. The molecular formula is C25H33N3O4. The van der Waals surface area contributed by atoms with Gasteiger partial charge in [-0.25, -0.2) is 0 Å². The molecule has 0 aromatic heterocycles. The van der Waals surface area contributed by atoms with E-state index in [4.69, 9.17) is 9.47 Å². The zero-order chi connectivity index (χ0) is 22.4. The van der Waals surface area contributed by atoms with Crippen molar-refractivity contribution in [1.82, 2.24) is 15.1 Å². The molecule has 32 heavy (non-hydrogen) atoms. The molecule has 172 valence electrons. The Morgan fingerprint density at radius 3 is 2.72 bits per heavy atom. The number of rotatable bonds is 6. The van der Waals surface area contributed by atoms with Crippen LogP contribution in [-0.4, -0.2) is 65.1 Å². The molecule has 0 bridgehead atoms. The third kappa shape index (κ3) is 4.04. The first kappa shape index (κ1) is 21.5. The monoisotopic (exact) mass is 439 g/mol. The van der Waals surface area contributed by atoms with E-state index >= 15 is 0 Å². The summed E-state index contributed by atoms with van der Waals surface area (Å²) in [5.41, 5.74) is 2.34. The molecule has 1 N–H and O–H groups in total. The Morgan fingerprint density at radius 1 is 1.16 bits per heavy atom. The second-order valence-electron chi connectivity index (χ2n) is 9.81. The molecule has 3 fully saturated rings. The van der Waals surface area contributed by atoms with Crippen molar-refractivity contribution in [2.24, 2.45) is 0 Å². The molecule has 1 unspecified atom stereocenters. The quantitative estimate of drug-likeness (QED) is 0.738. The largest absolute Gasteiger partial charge is 0.489 e. The van der Waals surface area contributed by atoms with Crippen molar-refractivity contribution < 1.29 is 19.1 Å². The first-order chi connectivity index (χ1) is 15.4. The lowest BCUT2D eigenvalue weighted by Crippen LogP contribution is -2.59. The lowest BCUT2D eigenvalue weighted by Gasteiger charge is -2.45. The van der Waals surface area contributed by atoms with Gasteiger partial charge in [-0.15, -0.1) is 0 Å². The fraction of sp³-hybridized carbons (Fsp3) is 0.600. The molecule has 3 aliphatic heterocycles. The molecular weight excluding hydrogens is 406 g/mol. The van der Waals surface area contributed by atoms with Crippen LogP contribution < -0.4 is 10.1 Å². The van der Waals surface area contributed by atoms with E-state index in [0.717, 1.165) is 42.9 Å². The van der Waals surface area contributed by atoms with Gasteiger partial charge in [0.25, 0.3) is 5.91 Å². The fourth-order valence-corrected chi connectivity index (χ4v) is 5.55. The molecule has 7 nitrogen and oxygen atoms in total. The topological polar surface area (TPSA) is 71.1 Å². The summed E-state index contributed by atoms with van der Waals surface area (Å²) in [6.45, 7) is 10.4. The Morgan fingerprint density at radius 2 is 1.97 bits per heavy atom. The lowest BCUT2D eigenvalue weighted by atomic mass is 10.0. The van der Waals surface area contributed by atoms with Gasteiger partial charge >= 0.3 is 0 Å². The summed E-state index contributed by atoms with van der Waals surface area (Å²) >= 11 is 0. The predicted molar refractivity (Wildman–Crippen MR) is 120 cm³/mol. The Labute approximate surface area is 189 Å². The van der Waals surface area contributed by atoms with E-state index in [1.807, 2.05) is 18.2 Å². The van der Waals surface area contributed by atoms with Crippen LogP contribution in [0.1, 0.15) is 61.9 Å². The highest BCUT2D eigenvalue weighted by atomic mass is 16.5. The first-order valence-corrected chi connectivity index (χ1v) is 11.9. The predicted octanol–water partition coefficient (Wildman–Crippen LogP) is 2.84. The molecule has 1 aromatic rings. The fourth-order valence-electron chi connectivity index (χ4n) is 5.55. The first-order valence-electron chi connectivity index (χ1n) is 11.9. The minimum atomic E-state index is -0.434. The number of nitrogens with zero attached hydrogens (tertiary/aromatic N) is 2. The number of ether oxygens (including phenoxy) is 2. The molecule has 3 heterocycles. The van der Waals surface area contributed by atoms with E-state index in [1.165, 1.54) is 6.42 Å². The Kier molecular flexibility index (Phi) is 5.72. The van der Waals surface area contributed by atoms with Crippen molar-refractivity contribution in [3.63, 3.8) is 0 Å². The number of hydrogen-bond acceptors (Lipinski definition) is 5. The maximum absolute atomic E-state index is 12.9. The number of likely N-dealkylation sites (tertiary alicyclic amines) is 1. The standard InChI is InChI=1S/C25H33N3O4/c1-15(2)31-19-13-27(14-19)21-5-4-6-23(21)32-18-8-9-20-17(11-18)12-28(25(20)30)22-10-7-16(3)26-24(22)29/h8-9,11,15,19,21-23H,3-7,10,12-14H2,1-2H3,(H,26,29)/t21-,22?,23+/m0/s1. The minimum absolute atomic E-state index is 0.0743. The molecule has 4 aliphatic rings. The number of carbonyl (C=O) groups is 2. The van der Waals surface area contributed by atoms with Crippen LogP contribution in [0.2, 0.25) is 0 Å². The maximum atomic E-state index is 12.9. The van der Waals surface area contributed by atoms with E-state index < -0.39 is 6.04 Å². The summed E-state index contributed by atoms with van der Waals surface area (Å²) < 4.78 is 12.3. The van der Waals surface area contributed by atoms with Gasteiger partial charge in [0.15, 0.2) is 0 Å². The van der Waals surface area contributed by atoms with Crippen molar-refractivity contribution in [3.8, 4) is 5.75 Å². The van der Waals surface area contributed by atoms with Crippen LogP contribution in [0, 0.1) is 0 Å². The van der Waals surface area contributed by atoms with E-state index in [0.29, 0.717) is 37.1 Å². The van der Waals surface area contributed by atoms with Crippen LogP contribution >= 0.6 is 0 Å². The van der Waals surface area contributed by atoms with E-state index in [9.17, 15) is 9.59 Å². The van der Waals surface area contributed by atoms with Gasteiger partial charge in [0.05, 0.1) is 12.2 Å². The molecule has 7 heteroatoms. The summed E-state index contributed by atoms with van der Waals surface area (Å²) in [7, 11) is 0. The van der Waals surface area contributed by atoms with Crippen molar-refractivity contribution in [2.75, 3.05) is 13.1 Å². The van der Waals surface area contributed by atoms with Gasteiger partial charge in [0, 0.05) is 36.9 Å². The van der Waals surface area contributed by atoms with Gasteiger partial charge in [-0.1, -0.05) is 6.58 Å². The smallest absolute Gasteiger partial charge is 0.255 e. The van der Waals surface area contributed by atoms with E-state index in [-0.39, 0.29) is 24.0 Å². The van der Waals surface area contributed by atoms with Crippen molar-refractivity contribution >= 4 is 11.8 Å². The normalized spacial score (nSPS) is 28.8. The van der Waals surface area contributed by atoms with Crippen LogP contribution in [0.25, 0.3) is 0 Å². The molecule has 1 aliphatic carbocycles. The number of piperidine rings is 1. The summed E-state index contributed by atoms with van der Waals surface area (Å²) in [6, 6.07) is 5.73. The Balaban J connectivity index is 1.23. The highest BCUT2D eigenvalue weighted by Gasteiger charge is 2.41. The molecule has 2 amide bonds. The van der Waals surface area contributed by atoms with Crippen LogP contribution in [0.5, 0.6) is 5.75 Å². The number of fused-ring (bicyclic) bond motifs is 1. The van der Waals surface area contributed by atoms with Gasteiger partial charge in [-0.3, -0.25) is 14.5 Å². The Hall–Kier alpha value is -2.38. The SMILES string of the molecule is C=C1CCC(N2Cc3cc(O[C@@H]4CCC[C@@H]4N4CC(OC(C)C)C4)ccc3C2=O)C(=O)N1. The second kappa shape index (κ2) is 8.52. The number of carbonyl (C=O) groups excluding carboxylic acids is 2.